The molecule has 26 heavy (non-hydrogen) atoms. The number of carbonyl (C=O) groups excluding carboxylic acids is 2. The molecule has 2 rings (SSSR count). The van der Waals surface area contributed by atoms with Gasteiger partial charge in [-0.25, -0.2) is 4.79 Å². The first-order chi connectivity index (χ1) is 12.3. The van der Waals surface area contributed by atoms with Crippen molar-refractivity contribution in [2.75, 3.05) is 19.5 Å². The molecule has 138 valence electrons. The first kappa shape index (κ1) is 19.6. The number of anilines is 1. The van der Waals surface area contributed by atoms with Crippen molar-refractivity contribution in [1.29, 1.82) is 0 Å². The summed E-state index contributed by atoms with van der Waals surface area (Å²) in [5, 5.41) is 3.30. The molecule has 1 atom stereocenters. The van der Waals surface area contributed by atoms with Crippen LogP contribution in [-0.2, 0) is 9.53 Å². The fourth-order valence-electron chi connectivity index (χ4n) is 2.24. The number of benzene rings is 2. The van der Waals surface area contributed by atoms with E-state index in [1.807, 2.05) is 6.92 Å². The molecule has 2 aromatic rings. The third-order valence-corrected chi connectivity index (χ3v) is 4.08. The highest BCUT2D eigenvalue weighted by molar-refractivity contribution is 6.31. The summed E-state index contributed by atoms with van der Waals surface area (Å²) in [6, 6.07) is 9.79. The topological polar surface area (TPSA) is 73.9 Å². The minimum atomic E-state index is -0.802. The van der Waals surface area contributed by atoms with Crippen LogP contribution in [0.1, 0.15) is 22.8 Å². The fourth-order valence-corrected chi connectivity index (χ4v) is 2.39. The molecule has 0 spiro atoms. The summed E-state index contributed by atoms with van der Waals surface area (Å²) in [5.41, 5.74) is 1.65. The van der Waals surface area contributed by atoms with Gasteiger partial charge in [-0.15, -0.1) is 0 Å². The van der Waals surface area contributed by atoms with Gasteiger partial charge < -0.3 is 19.5 Å². The van der Waals surface area contributed by atoms with Gasteiger partial charge in [0.2, 0.25) is 0 Å². The molecule has 0 aromatic heterocycles. The van der Waals surface area contributed by atoms with E-state index in [4.69, 9.17) is 21.1 Å². The molecular weight excluding hydrogens is 358 g/mol. The second-order valence-electron chi connectivity index (χ2n) is 5.57. The highest BCUT2D eigenvalue weighted by atomic mass is 35.5. The molecule has 0 saturated carbocycles. The van der Waals surface area contributed by atoms with Crippen LogP contribution in [0.5, 0.6) is 11.5 Å². The van der Waals surface area contributed by atoms with E-state index in [9.17, 15) is 9.59 Å². The van der Waals surface area contributed by atoms with E-state index in [1.54, 1.807) is 37.3 Å². The molecule has 0 aliphatic heterocycles. The van der Waals surface area contributed by atoms with Crippen LogP contribution in [0.3, 0.4) is 0 Å². The van der Waals surface area contributed by atoms with Gasteiger partial charge in [0.05, 0.1) is 25.5 Å². The van der Waals surface area contributed by atoms with Gasteiger partial charge in [0.25, 0.3) is 5.91 Å². The SMILES string of the molecule is COC(=O)c1cccc(O[C@H](C)C(=O)Nc2cc(C)c(Cl)cc2OC)c1. The van der Waals surface area contributed by atoms with E-state index in [-0.39, 0.29) is 5.91 Å². The summed E-state index contributed by atoms with van der Waals surface area (Å²) in [7, 11) is 2.79. The Balaban J connectivity index is 2.11. The van der Waals surface area contributed by atoms with E-state index >= 15 is 0 Å². The molecule has 2 aromatic carbocycles. The lowest BCUT2D eigenvalue weighted by Crippen LogP contribution is -2.30. The predicted octanol–water partition coefficient (Wildman–Crippen LogP) is 3.85. The van der Waals surface area contributed by atoms with Crippen LogP contribution in [0.4, 0.5) is 5.69 Å². The standard InChI is InChI=1S/C19H20ClNO5/c1-11-8-16(17(24-3)10-15(11)20)21-18(22)12(2)26-14-7-5-6-13(9-14)19(23)25-4/h5-10,12H,1-4H3,(H,21,22)/t12-/m1/s1. The number of ether oxygens (including phenoxy) is 3. The monoisotopic (exact) mass is 377 g/mol. The fraction of sp³-hybridized carbons (Fsp3) is 0.263. The van der Waals surface area contributed by atoms with Gasteiger partial charge in [0.1, 0.15) is 11.5 Å². The maximum absolute atomic E-state index is 12.4. The molecule has 0 unspecified atom stereocenters. The summed E-state index contributed by atoms with van der Waals surface area (Å²) in [6.07, 6.45) is -0.802. The number of halogens is 1. The third-order valence-electron chi connectivity index (χ3n) is 3.68. The highest BCUT2D eigenvalue weighted by Crippen LogP contribution is 2.31. The first-order valence-corrected chi connectivity index (χ1v) is 8.23. The Labute approximate surface area is 157 Å². The summed E-state index contributed by atoms with van der Waals surface area (Å²) in [6.45, 7) is 3.44. The van der Waals surface area contributed by atoms with Gasteiger partial charge in [-0.05, 0) is 43.7 Å². The smallest absolute Gasteiger partial charge is 0.337 e. The predicted molar refractivity (Wildman–Crippen MR) is 99.2 cm³/mol. The molecule has 1 N–H and O–H groups in total. The average molecular weight is 378 g/mol. The summed E-state index contributed by atoms with van der Waals surface area (Å²) in [4.78, 5) is 24.0. The van der Waals surface area contributed by atoms with Gasteiger partial charge in [0, 0.05) is 11.1 Å². The quantitative estimate of drug-likeness (QED) is 0.774. The van der Waals surface area contributed by atoms with Crippen LogP contribution >= 0.6 is 11.6 Å². The highest BCUT2D eigenvalue weighted by Gasteiger charge is 2.18. The number of methoxy groups -OCH3 is 2. The lowest BCUT2D eigenvalue weighted by atomic mass is 10.2. The van der Waals surface area contributed by atoms with Crippen molar-refractivity contribution in [3.8, 4) is 11.5 Å². The third kappa shape index (κ3) is 4.67. The zero-order valence-electron chi connectivity index (χ0n) is 15.0. The number of rotatable bonds is 6. The number of aryl methyl sites for hydroxylation is 1. The van der Waals surface area contributed by atoms with E-state index in [0.717, 1.165) is 5.56 Å². The molecule has 0 aliphatic rings. The normalized spacial score (nSPS) is 11.4. The molecule has 0 aliphatic carbocycles. The molecular formula is C19H20ClNO5. The van der Waals surface area contributed by atoms with Gasteiger partial charge in [0.15, 0.2) is 6.10 Å². The largest absolute Gasteiger partial charge is 0.495 e. The number of carbonyl (C=O) groups is 2. The van der Waals surface area contributed by atoms with Crippen LogP contribution in [0.15, 0.2) is 36.4 Å². The molecule has 1 amide bonds. The number of nitrogens with one attached hydrogen (secondary N) is 1. The van der Waals surface area contributed by atoms with E-state index in [0.29, 0.717) is 27.8 Å². The van der Waals surface area contributed by atoms with Crippen LogP contribution in [-0.4, -0.2) is 32.2 Å². The lowest BCUT2D eigenvalue weighted by molar-refractivity contribution is -0.122. The molecule has 0 heterocycles. The van der Waals surface area contributed by atoms with Gasteiger partial charge >= 0.3 is 5.97 Å². The van der Waals surface area contributed by atoms with Gasteiger partial charge in [-0.1, -0.05) is 17.7 Å². The molecule has 0 radical (unpaired) electrons. The summed E-state index contributed by atoms with van der Waals surface area (Å²) < 4.78 is 15.5. The Morgan fingerprint density at radius 3 is 2.54 bits per heavy atom. The Kier molecular flexibility index (Phi) is 6.46. The molecule has 7 heteroatoms. The van der Waals surface area contributed by atoms with Crippen LogP contribution in [0, 0.1) is 6.92 Å². The zero-order chi connectivity index (χ0) is 19.3. The van der Waals surface area contributed by atoms with E-state index in [1.165, 1.54) is 20.3 Å². The van der Waals surface area contributed by atoms with Crippen molar-refractivity contribution in [3.63, 3.8) is 0 Å². The average Bonchev–Trinajstić information content (AvgIpc) is 2.63. The van der Waals surface area contributed by atoms with E-state index in [2.05, 4.69) is 10.1 Å². The summed E-state index contributed by atoms with van der Waals surface area (Å²) in [5.74, 6) is -0.00827. The van der Waals surface area contributed by atoms with Crippen molar-refractivity contribution in [2.24, 2.45) is 0 Å². The Morgan fingerprint density at radius 2 is 1.88 bits per heavy atom. The lowest BCUT2D eigenvalue weighted by Gasteiger charge is -2.17. The minimum Gasteiger partial charge on any atom is -0.495 e. The van der Waals surface area contributed by atoms with Crippen molar-refractivity contribution in [1.82, 2.24) is 0 Å². The minimum absolute atomic E-state index is 0.340. The number of hydrogen-bond donors (Lipinski definition) is 1. The molecule has 0 saturated heterocycles. The maximum Gasteiger partial charge on any atom is 0.337 e. The van der Waals surface area contributed by atoms with E-state index < -0.39 is 12.1 Å². The van der Waals surface area contributed by atoms with Crippen molar-refractivity contribution in [3.05, 3.63) is 52.5 Å². The van der Waals surface area contributed by atoms with Crippen LogP contribution < -0.4 is 14.8 Å². The second-order valence-corrected chi connectivity index (χ2v) is 5.98. The molecule has 6 nitrogen and oxygen atoms in total. The number of esters is 1. The Bertz CT molecular complexity index is 822. The molecule has 0 bridgehead atoms. The number of hydrogen-bond acceptors (Lipinski definition) is 5. The zero-order valence-corrected chi connectivity index (χ0v) is 15.7. The van der Waals surface area contributed by atoms with Crippen molar-refractivity contribution >= 4 is 29.2 Å². The van der Waals surface area contributed by atoms with Crippen molar-refractivity contribution < 1.29 is 23.8 Å². The van der Waals surface area contributed by atoms with Gasteiger partial charge in [-0.2, -0.15) is 0 Å². The molecule has 0 fully saturated rings. The van der Waals surface area contributed by atoms with Crippen LogP contribution in [0.25, 0.3) is 0 Å². The Hall–Kier alpha value is -2.73. The van der Waals surface area contributed by atoms with Gasteiger partial charge in [-0.3, -0.25) is 4.79 Å². The maximum atomic E-state index is 12.4. The second kappa shape index (κ2) is 8.58. The Morgan fingerprint density at radius 1 is 1.15 bits per heavy atom. The van der Waals surface area contributed by atoms with Crippen LogP contribution in [0.2, 0.25) is 5.02 Å². The van der Waals surface area contributed by atoms with Crippen molar-refractivity contribution in [2.45, 2.75) is 20.0 Å². The first-order valence-electron chi connectivity index (χ1n) is 7.85. The summed E-state index contributed by atoms with van der Waals surface area (Å²) >= 11 is 6.07. The number of amides is 1.